The Balaban J connectivity index is 0.000000399. The van der Waals surface area contributed by atoms with Gasteiger partial charge in [-0.25, -0.2) is 0 Å². The summed E-state index contributed by atoms with van der Waals surface area (Å²) >= 11 is 0. The van der Waals surface area contributed by atoms with Crippen molar-refractivity contribution in [2.75, 3.05) is 25.5 Å². The Kier molecular flexibility index (Phi) is 7.68. The fourth-order valence-corrected chi connectivity index (χ4v) is 3.17. The fraction of sp³-hybridized carbons (Fsp3) is 0.409. The van der Waals surface area contributed by atoms with Gasteiger partial charge in [0.25, 0.3) is 0 Å². The lowest BCUT2D eigenvalue weighted by Crippen LogP contribution is -2.28. The van der Waals surface area contributed by atoms with E-state index in [1.807, 2.05) is 6.92 Å². The van der Waals surface area contributed by atoms with E-state index in [2.05, 4.69) is 66.7 Å². The molecule has 2 aromatic carbocycles. The molecule has 0 amide bonds. The molecule has 1 aliphatic rings. The summed E-state index contributed by atoms with van der Waals surface area (Å²) < 4.78 is 0. The molecule has 0 saturated heterocycles. The highest BCUT2D eigenvalue weighted by Crippen LogP contribution is 2.34. The number of benzene rings is 2. The average molecular weight is 338 g/mol. The third kappa shape index (κ3) is 5.17. The number of hydrogen-bond donors (Lipinski definition) is 1. The minimum absolute atomic E-state index is 0.708. The molecular formula is C22H30N2O. The van der Waals surface area contributed by atoms with Gasteiger partial charge in [0.1, 0.15) is 6.29 Å². The maximum atomic E-state index is 9.40. The van der Waals surface area contributed by atoms with Crippen LogP contribution in [0, 0.1) is 0 Å². The SMILES string of the molecule is CCCC=O.CCNc1ccc(-c2ccccc2)c2c1CN(C)CC2. The fourth-order valence-electron chi connectivity index (χ4n) is 3.17. The zero-order valence-electron chi connectivity index (χ0n) is 15.7. The zero-order chi connectivity index (χ0) is 18.1. The van der Waals surface area contributed by atoms with E-state index >= 15 is 0 Å². The molecule has 25 heavy (non-hydrogen) atoms. The Morgan fingerprint density at radius 2 is 1.84 bits per heavy atom. The van der Waals surface area contributed by atoms with Crippen LogP contribution in [-0.2, 0) is 17.8 Å². The molecular weight excluding hydrogens is 308 g/mol. The van der Waals surface area contributed by atoms with Crippen molar-refractivity contribution in [3.63, 3.8) is 0 Å². The van der Waals surface area contributed by atoms with Gasteiger partial charge < -0.3 is 15.0 Å². The third-order valence-electron chi connectivity index (χ3n) is 4.46. The summed E-state index contributed by atoms with van der Waals surface area (Å²) in [5.41, 5.74) is 7.02. The lowest BCUT2D eigenvalue weighted by molar-refractivity contribution is -0.107. The Bertz CT molecular complexity index is 667. The van der Waals surface area contributed by atoms with Crippen LogP contribution >= 0.6 is 0 Å². The second-order valence-electron chi connectivity index (χ2n) is 6.46. The van der Waals surface area contributed by atoms with E-state index in [9.17, 15) is 4.79 Å². The number of rotatable bonds is 5. The van der Waals surface area contributed by atoms with Gasteiger partial charge in [-0.1, -0.05) is 43.3 Å². The van der Waals surface area contributed by atoms with Gasteiger partial charge in [-0.15, -0.1) is 0 Å². The maximum absolute atomic E-state index is 9.40. The van der Waals surface area contributed by atoms with Crippen molar-refractivity contribution in [2.45, 2.75) is 39.7 Å². The summed E-state index contributed by atoms with van der Waals surface area (Å²) in [5, 5.41) is 3.51. The second-order valence-corrected chi connectivity index (χ2v) is 6.46. The highest BCUT2D eigenvalue weighted by atomic mass is 16.1. The van der Waals surface area contributed by atoms with Crippen LogP contribution in [0.5, 0.6) is 0 Å². The van der Waals surface area contributed by atoms with Crippen molar-refractivity contribution in [1.82, 2.24) is 4.90 Å². The molecule has 0 aromatic heterocycles. The van der Waals surface area contributed by atoms with E-state index in [1.54, 1.807) is 0 Å². The standard InChI is InChI=1S/C18H22N2.C4H8O/c1-3-19-18-10-9-15(14-7-5-4-6-8-14)16-11-12-20(2)13-17(16)18;1-2-3-4-5/h4-10,19H,3,11-13H2,1-2H3;4H,2-3H2,1H3. The van der Waals surface area contributed by atoms with Gasteiger partial charge in [0.15, 0.2) is 0 Å². The van der Waals surface area contributed by atoms with Gasteiger partial charge in [0.05, 0.1) is 0 Å². The molecule has 0 spiro atoms. The number of hydrogen-bond acceptors (Lipinski definition) is 3. The molecule has 0 bridgehead atoms. The topological polar surface area (TPSA) is 32.3 Å². The van der Waals surface area contributed by atoms with Crippen LogP contribution in [0.3, 0.4) is 0 Å². The number of nitrogens with zero attached hydrogens (tertiary/aromatic N) is 1. The van der Waals surface area contributed by atoms with Crippen LogP contribution < -0.4 is 5.32 Å². The molecule has 0 fully saturated rings. The summed E-state index contributed by atoms with van der Waals surface area (Å²) in [6, 6.07) is 15.3. The van der Waals surface area contributed by atoms with Crippen molar-refractivity contribution < 1.29 is 4.79 Å². The molecule has 0 saturated carbocycles. The maximum Gasteiger partial charge on any atom is 0.119 e. The number of anilines is 1. The van der Waals surface area contributed by atoms with Crippen molar-refractivity contribution in [3.8, 4) is 11.1 Å². The Morgan fingerprint density at radius 1 is 1.08 bits per heavy atom. The van der Waals surface area contributed by atoms with Crippen molar-refractivity contribution in [3.05, 3.63) is 53.6 Å². The first-order valence-corrected chi connectivity index (χ1v) is 9.27. The van der Waals surface area contributed by atoms with Gasteiger partial charge in [-0.2, -0.15) is 0 Å². The lowest BCUT2D eigenvalue weighted by atomic mass is 9.89. The van der Waals surface area contributed by atoms with E-state index in [0.717, 1.165) is 38.8 Å². The van der Waals surface area contributed by atoms with Crippen molar-refractivity contribution in [1.29, 1.82) is 0 Å². The molecule has 0 atom stereocenters. The minimum atomic E-state index is 0.708. The smallest absolute Gasteiger partial charge is 0.119 e. The van der Waals surface area contributed by atoms with Gasteiger partial charge in [-0.3, -0.25) is 0 Å². The van der Waals surface area contributed by atoms with E-state index in [-0.39, 0.29) is 0 Å². The Labute approximate surface area is 152 Å². The molecule has 3 heteroatoms. The number of fused-ring (bicyclic) bond motifs is 1. The zero-order valence-corrected chi connectivity index (χ0v) is 15.7. The molecule has 1 N–H and O–H groups in total. The van der Waals surface area contributed by atoms with E-state index in [0.29, 0.717) is 6.42 Å². The molecule has 3 rings (SSSR count). The van der Waals surface area contributed by atoms with Gasteiger partial charge in [0, 0.05) is 31.7 Å². The first-order chi connectivity index (χ1) is 12.2. The summed E-state index contributed by atoms with van der Waals surface area (Å²) in [7, 11) is 2.20. The molecule has 0 aliphatic carbocycles. The van der Waals surface area contributed by atoms with Crippen LogP contribution in [0.1, 0.15) is 37.8 Å². The molecule has 1 heterocycles. The Hall–Kier alpha value is -2.13. The van der Waals surface area contributed by atoms with E-state index in [4.69, 9.17) is 0 Å². The lowest BCUT2D eigenvalue weighted by Gasteiger charge is -2.29. The molecule has 0 unspecified atom stereocenters. The summed E-state index contributed by atoms with van der Waals surface area (Å²) in [5.74, 6) is 0. The third-order valence-corrected chi connectivity index (χ3v) is 4.46. The largest absolute Gasteiger partial charge is 0.385 e. The van der Waals surface area contributed by atoms with Crippen LogP contribution in [0.15, 0.2) is 42.5 Å². The first-order valence-electron chi connectivity index (χ1n) is 9.27. The highest BCUT2D eigenvalue weighted by molar-refractivity contribution is 5.74. The van der Waals surface area contributed by atoms with Crippen molar-refractivity contribution in [2.24, 2.45) is 0 Å². The summed E-state index contributed by atoms with van der Waals surface area (Å²) in [4.78, 5) is 11.8. The summed E-state index contributed by atoms with van der Waals surface area (Å²) in [6.45, 7) is 7.29. The Morgan fingerprint density at radius 3 is 2.44 bits per heavy atom. The van der Waals surface area contributed by atoms with Crippen LogP contribution in [0.4, 0.5) is 5.69 Å². The number of unbranched alkanes of at least 4 members (excludes halogenated alkanes) is 1. The van der Waals surface area contributed by atoms with E-state index < -0.39 is 0 Å². The van der Waals surface area contributed by atoms with Gasteiger partial charge in [-0.05, 0) is 55.1 Å². The van der Waals surface area contributed by atoms with Gasteiger partial charge >= 0.3 is 0 Å². The normalized spacial score (nSPS) is 13.4. The predicted octanol–water partition coefficient (Wildman–Crippen LogP) is 4.76. The quantitative estimate of drug-likeness (QED) is 0.798. The molecule has 0 radical (unpaired) electrons. The molecule has 1 aliphatic heterocycles. The first kappa shape index (κ1) is 19.2. The van der Waals surface area contributed by atoms with Crippen molar-refractivity contribution >= 4 is 12.0 Å². The number of aldehydes is 1. The average Bonchev–Trinajstić information content (AvgIpc) is 2.64. The minimum Gasteiger partial charge on any atom is -0.385 e. The number of carbonyl (C=O) groups is 1. The monoisotopic (exact) mass is 338 g/mol. The summed E-state index contributed by atoms with van der Waals surface area (Å²) in [6.07, 6.45) is 3.75. The van der Waals surface area contributed by atoms with Gasteiger partial charge in [0.2, 0.25) is 0 Å². The van der Waals surface area contributed by atoms with Crippen LogP contribution in [0.25, 0.3) is 11.1 Å². The number of nitrogens with one attached hydrogen (secondary N) is 1. The molecule has 134 valence electrons. The van der Waals surface area contributed by atoms with E-state index in [1.165, 1.54) is 27.9 Å². The predicted molar refractivity (Wildman–Crippen MR) is 107 cm³/mol. The number of likely N-dealkylation sites (N-methyl/N-ethyl adjacent to an activating group) is 1. The molecule has 3 nitrogen and oxygen atoms in total. The molecule has 2 aromatic rings. The number of carbonyl (C=O) groups excluding carboxylic acids is 1. The van der Waals surface area contributed by atoms with Crippen LogP contribution in [0.2, 0.25) is 0 Å². The highest BCUT2D eigenvalue weighted by Gasteiger charge is 2.20. The van der Waals surface area contributed by atoms with Crippen LogP contribution in [-0.4, -0.2) is 31.3 Å². The second kappa shape index (κ2) is 10.00.